The van der Waals surface area contributed by atoms with Gasteiger partial charge in [-0.3, -0.25) is 4.68 Å². The predicted octanol–water partition coefficient (Wildman–Crippen LogP) is 1.48. The van der Waals surface area contributed by atoms with Crippen LogP contribution in [0, 0.1) is 0 Å². The van der Waals surface area contributed by atoms with Gasteiger partial charge in [-0.05, 0) is 36.6 Å². The summed E-state index contributed by atoms with van der Waals surface area (Å²) in [7, 11) is -3.28. The minimum absolute atomic E-state index is 0.221. The van der Waals surface area contributed by atoms with E-state index in [0.29, 0.717) is 25.3 Å². The van der Waals surface area contributed by atoms with Gasteiger partial charge in [0.25, 0.3) is 0 Å². The van der Waals surface area contributed by atoms with Crippen LogP contribution in [0.15, 0.2) is 42.7 Å². The first kappa shape index (κ1) is 18.4. The highest BCUT2D eigenvalue weighted by Crippen LogP contribution is 2.15. The van der Waals surface area contributed by atoms with Crippen molar-refractivity contribution in [3.05, 3.63) is 48.3 Å². The fourth-order valence-corrected chi connectivity index (χ4v) is 3.89. The summed E-state index contributed by atoms with van der Waals surface area (Å²) in [5, 5.41) is 7.07. The average molecular weight is 377 g/mol. The van der Waals surface area contributed by atoms with E-state index in [1.54, 1.807) is 11.1 Å². The van der Waals surface area contributed by atoms with Crippen LogP contribution in [0.1, 0.15) is 18.4 Å². The van der Waals surface area contributed by atoms with E-state index in [1.165, 1.54) is 0 Å². The molecule has 1 aromatic heterocycles. The van der Waals surface area contributed by atoms with E-state index in [2.05, 4.69) is 15.1 Å². The van der Waals surface area contributed by atoms with E-state index in [1.807, 2.05) is 41.2 Å². The number of nitrogens with zero attached hydrogens (tertiary/aromatic N) is 3. The molecule has 1 fully saturated rings. The molecule has 2 N–H and O–H groups in total. The number of piperidine rings is 1. The zero-order chi connectivity index (χ0) is 18.6. The number of rotatable bonds is 5. The quantitative estimate of drug-likeness (QED) is 0.825. The van der Waals surface area contributed by atoms with Gasteiger partial charge in [0, 0.05) is 37.2 Å². The summed E-state index contributed by atoms with van der Waals surface area (Å²) >= 11 is 0. The summed E-state index contributed by atoms with van der Waals surface area (Å²) in [4.78, 5) is 14.2. The second kappa shape index (κ2) is 7.88. The number of benzene rings is 1. The Labute approximate surface area is 153 Å². The number of hydrogen-bond acceptors (Lipinski definition) is 4. The van der Waals surface area contributed by atoms with Crippen LogP contribution in [0.4, 0.5) is 10.5 Å². The second-order valence-corrected chi connectivity index (χ2v) is 8.29. The zero-order valence-corrected chi connectivity index (χ0v) is 15.4. The Hall–Kier alpha value is -2.39. The Balaban J connectivity index is 1.60. The molecule has 2 aromatic rings. The van der Waals surface area contributed by atoms with Gasteiger partial charge in [0.05, 0.1) is 12.8 Å². The van der Waals surface area contributed by atoms with Crippen LogP contribution in [-0.4, -0.2) is 54.5 Å². The van der Waals surface area contributed by atoms with Crippen molar-refractivity contribution < 1.29 is 13.2 Å². The molecule has 140 valence electrons. The Kier molecular flexibility index (Phi) is 5.58. The average Bonchev–Trinajstić information content (AvgIpc) is 3.07. The highest BCUT2D eigenvalue weighted by atomic mass is 32.2. The largest absolute Gasteiger partial charge is 0.323 e. The minimum Gasteiger partial charge on any atom is -0.323 e. The van der Waals surface area contributed by atoms with Crippen molar-refractivity contribution in [3.63, 3.8) is 0 Å². The van der Waals surface area contributed by atoms with E-state index in [9.17, 15) is 13.2 Å². The van der Waals surface area contributed by atoms with Crippen LogP contribution >= 0.6 is 0 Å². The summed E-state index contributed by atoms with van der Waals surface area (Å²) in [6, 6.07) is 9.01. The van der Waals surface area contributed by atoms with Crippen LogP contribution < -0.4 is 10.0 Å². The van der Waals surface area contributed by atoms with Gasteiger partial charge in [0.15, 0.2) is 0 Å². The molecule has 1 saturated heterocycles. The first-order chi connectivity index (χ1) is 12.4. The van der Waals surface area contributed by atoms with Gasteiger partial charge in [-0.15, -0.1) is 0 Å². The van der Waals surface area contributed by atoms with Crippen molar-refractivity contribution in [2.24, 2.45) is 0 Å². The lowest BCUT2D eigenvalue weighted by Crippen LogP contribution is -2.50. The molecule has 1 aliphatic heterocycles. The standard InChI is InChI=1S/C17H23N5O3S/c1-26(24,25)20-16-7-3-9-21(13-16)17(23)19-15-6-2-5-14(11-15)12-22-10-4-8-18-22/h2,4-6,8,10-11,16,20H,3,7,9,12-13H2,1H3,(H,19,23)/t16-/m1/s1. The van der Waals surface area contributed by atoms with Crippen LogP contribution in [0.5, 0.6) is 0 Å². The maximum absolute atomic E-state index is 12.5. The van der Waals surface area contributed by atoms with E-state index in [0.717, 1.165) is 24.7 Å². The molecule has 2 amide bonds. The third kappa shape index (κ3) is 5.30. The van der Waals surface area contributed by atoms with Gasteiger partial charge in [-0.2, -0.15) is 5.10 Å². The number of aromatic nitrogens is 2. The molecular formula is C17H23N5O3S. The number of amides is 2. The van der Waals surface area contributed by atoms with Gasteiger partial charge in [-0.25, -0.2) is 17.9 Å². The Morgan fingerprint density at radius 3 is 2.92 bits per heavy atom. The fourth-order valence-electron chi connectivity index (χ4n) is 3.09. The van der Waals surface area contributed by atoms with Crippen molar-refractivity contribution >= 4 is 21.7 Å². The summed E-state index contributed by atoms with van der Waals surface area (Å²) in [5.74, 6) is 0. The number of carbonyl (C=O) groups is 1. The van der Waals surface area contributed by atoms with Crippen molar-refractivity contribution in [1.29, 1.82) is 0 Å². The van der Waals surface area contributed by atoms with E-state index >= 15 is 0 Å². The summed E-state index contributed by atoms with van der Waals surface area (Å²) in [6.45, 7) is 1.60. The predicted molar refractivity (Wildman–Crippen MR) is 99.4 cm³/mol. The lowest BCUT2D eigenvalue weighted by molar-refractivity contribution is 0.190. The molecule has 2 heterocycles. The van der Waals surface area contributed by atoms with Crippen molar-refractivity contribution in [2.75, 3.05) is 24.7 Å². The Morgan fingerprint density at radius 1 is 1.35 bits per heavy atom. The first-order valence-electron chi connectivity index (χ1n) is 8.49. The molecule has 26 heavy (non-hydrogen) atoms. The third-order valence-electron chi connectivity index (χ3n) is 4.17. The van der Waals surface area contributed by atoms with E-state index in [-0.39, 0.29) is 12.1 Å². The topological polar surface area (TPSA) is 96.3 Å². The molecule has 0 bridgehead atoms. The molecule has 0 radical (unpaired) electrons. The molecule has 3 rings (SSSR count). The number of carbonyl (C=O) groups excluding carboxylic acids is 1. The number of urea groups is 1. The third-order valence-corrected chi connectivity index (χ3v) is 4.93. The van der Waals surface area contributed by atoms with Crippen molar-refractivity contribution in [1.82, 2.24) is 19.4 Å². The Bertz CT molecular complexity index is 851. The normalized spacial score (nSPS) is 17.9. The van der Waals surface area contributed by atoms with Gasteiger partial charge in [0.2, 0.25) is 10.0 Å². The number of anilines is 1. The first-order valence-corrected chi connectivity index (χ1v) is 10.4. The fraction of sp³-hybridized carbons (Fsp3) is 0.412. The molecule has 0 spiro atoms. The van der Waals surface area contributed by atoms with Crippen molar-refractivity contribution in [2.45, 2.75) is 25.4 Å². The maximum Gasteiger partial charge on any atom is 0.321 e. The molecule has 1 aliphatic rings. The van der Waals surface area contributed by atoms with Gasteiger partial charge < -0.3 is 10.2 Å². The molecule has 1 atom stereocenters. The highest BCUT2D eigenvalue weighted by molar-refractivity contribution is 7.88. The van der Waals surface area contributed by atoms with Crippen LogP contribution in [0.2, 0.25) is 0 Å². The Morgan fingerprint density at radius 2 is 2.19 bits per heavy atom. The van der Waals surface area contributed by atoms with Gasteiger partial charge in [-0.1, -0.05) is 12.1 Å². The molecule has 8 nitrogen and oxygen atoms in total. The van der Waals surface area contributed by atoms with Crippen LogP contribution in [-0.2, 0) is 16.6 Å². The second-order valence-electron chi connectivity index (χ2n) is 6.51. The number of nitrogens with one attached hydrogen (secondary N) is 2. The van der Waals surface area contributed by atoms with E-state index in [4.69, 9.17) is 0 Å². The lowest BCUT2D eigenvalue weighted by Gasteiger charge is -2.32. The summed E-state index contributed by atoms with van der Waals surface area (Å²) in [6.07, 6.45) is 6.24. The molecule has 1 aromatic carbocycles. The highest BCUT2D eigenvalue weighted by Gasteiger charge is 2.25. The van der Waals surface area contributed by atoms with Crippen LogP contribution in [0.3, 0.4) is 0 Å². The van der Waals surface area contributed by atoms with Crippen molar-refractivity contribution in [3.8, 4) is 0 Å². The minimum atomic E-state index is -3.28. The molecular weight excluding hydrogens is 354 g/mol. The van der Waals surface area contributed by atoms with E-state index < -0.39 is 10.0 Å². The molecule has 0 saturated carbocycles. The summed E-state index contributed by atoms with van der Waals surface area (Å²) < 4.78 is 27.2. The van der Waals surface area contributed by atoms with Crippen LogP contribution in [0.25, 0.3) is 0 Å². The lowest BCUT2D eigenvalue weighted by atomic mass is 10.1. The number of hydrogen-bond donors (Lipinski definition) is 2. The molecule has 0 aliphatic carbocycles. The monoisotopic (exact) mass is 377 g/mol. The zero-order valence-electron chi connectivity index (χ0n) is 14.6. The van der Waals surface area contributed by atoms with Gasteiger partial charge in [0.1, 0.15) is 0 Å². The van der Waals surface area contributed by atoms with Gasteiger partial charge >= 0.3 is 6.03 Å². The number of likely N-dealkylation sites (tertiary alicyclic amines) is 1. The molecule has 9 heteroatoms. The molecule has 0 unspecified atom stereocenters. The SMILES string of the molecule is CS(=O)(=O)N[C@@H]1CCCN(C(=O)Nc2cccc(Cn3cccn3)c2)C1. The maximum atomic E-state index is 12.5. The smallest absolute Gasteiger partial charge is 0.321 e. The summed E-state index contributed by atoms with van der Waals surface area (Å²) in [5.41, 5.74) is 1.74. The number of sulfonamides is 1.